The Hall–Kier alpha value is -1.93. The molecule has 2 heteroatoms. The number of aromatic nitrogens is 1. The fourth-order valence-electron chi connectivity index (χ4n) is 1.98. The highest BCUT2D eigenvalue weighted by atomic mass is 16.2. The highest BCUT2D eigenvalue weighted by Crippen LogP contribution is 2.23. The van der Waals surface area contributed by atoms with Gasteiger partial charge < -0.3 is 5.11 Å². The molecule has 2 nitrogen and oxygen atoms in total. The first-order chi connectivity index (χ1) is 8.81. The van der Waals surface area contributed by atoms with Crippen LogP contribution in [-0.2, 0) is 0 Å². The second kappa shape index (κ2) is 6.12. The van der Waals surface area contributed by atoms with Gasteiger partial charge in [-0.15, -0.1) is 0 Å². The predicted molar refractivity (Wildman–Crippen MR) is 75.0 cm³/mol. The number of hydrogen-bond donors (Lipinski definition) is 1. The molecule has 0 radical (unpaired) electrons. The molecule has 0 spiro atoms. The lowest BCUT2D eigenvalue weighted by Crippen LogP contribution is -1.93. The van der Waals surface area contributed by atoms with Gasteiger partial charge in [0.2, 0.25) is 0 Å². The lowest BCUT2D eigenvalue weighted by atomic mass is 9.97. The molecule has 0 fully saturated rings. The predicted octanol–water partition coefficient (Wildman–Crippen LogP) is 3.31. The maximum absolute atomic E-state index is 9.21. The van der Waals surface area contributed by atoms with Crippen LogP contribution in [0.5, 0.6) is 0 Å². The van der Waals surface area contributed by atoms with Gasteiger partial charge in [-0.1, -0.05) is 30.3 Å². The third-order valence-electron chi connectivity index (χ3n) is 2.88. The Bertz CT molecular complexity index is 532. The van der Waals surface area contributed by atoms with Crippen LogP contribution in [-0.4, -0.2) is 16.7 Å². The van der Waals surface area contributed by atoms with E-state index in [1.54, 1.807) is 6.20 Å². The topological polar surface area (TPSA) is 33.1 Å². The van der Waals surface area contributed by atoms with Crippen molar-refractivity contribution in [3.05, 3.63) is 65.5 Å². The van der Waals surface area contributed by atoms with Crippen molar-refractivity contribution in [3.8, 4) is 0 Å². The van der Waals surface area contributed by atoms with E-state index in [1.165, 1.54) is 11.1 Å². The van der Waals surface area contributed by atoms with Gasteiger partial charge in [-0.25, -0.2) is 0 Å². The van der Waals surface area contributed by atoms with Crippen molar-refractivity contribution in [2.75, 3.05) is 6.61 Å². The summed E-state index contributed by atoms with van der Waals surface area (Å²) in [4.78, 5) is 4.30. The number of benzene rings is 1. The second-order valence-corrected chi connectivity index (χ2v) is 4.21. The molecule has 1 N–H and O–H groups in total. The minimum absolute atomic E-state index is 0.146. The van der Waals surface area contributed by atoms with E-state index in [2.05, 4.69) is 24.0 Å². The maximum Gasteiger partial charge on any atom is 0.0632 e. The zero-order chi connectivity index (χ0) is 12.8. The fraction of sp³-hybridized carbons (Fsp3) is 0.188. The molecule has 0 aliphatic rings. The molecule has 0 aliphatic carbocycles. The molecule has 1 aromatic heterocycles. The molecule has 0 atom stereocenters. The SMILES string of the molecule is Cc1ccccc1/C(=C/c1ccccn1)CCO. The van der Waals surface area contributed by atoms with Gasteiger partial charge >= 0.3 is 0 Å². The number of rotatable bonds is 4. The number of pyridine rings is 1. The van der Waals surface area contributed by atoms with Crippen LogP contribution >= 0.6 is 0 Å². The Kier molecular flexibility index (Phi) is 4.26. The van der Waals surface area contributed by atoms with Crippen molar-refractivity contribution < 1.29 is 5.11 Å². The van der Waals surface area contributed by atoms with Crippen LogP contribution in [0.3, 0.4) is 0 Å². The van der Waals surface area contributed by atoms with Crippen LogP contribution in [0, 0.1) is 6.92 Å². The highest BCUT2D eigenvalue weighted by molar-refractivity contribution is 5.81. The molecule has 0 saturated heterocycles. The highest BCUT2D eigenvalue weighted by Gasteiger charge is 2.04. The van der Waals surface area contributed by atoms with Crippen LogP contribution in [0.2, 0.25) is 0 Å². The maximum atomic E-state index is 9.21. The van der Waals surface area contributed by atoms with E-state index in [-0.39, 0.29) is 6.61 Å². The van der Waals surface area contributed by atoms with Crippen molar-refractivity contribution in [1.82, 2.24) is 4.98 Å². The van der Waals surface area contributed by atoms with E-state index < -0.39 is 0 Å². The number of aryl methyl sites for hydroxylation is 1. The lowest BCUT2D eigenvalue weighted by molar-refractivity contribution is 0.305. The summed E-state index contributed by atoms with van der Waals surface area (Å²) >= 11 is 0. The summed E-state index contributed by atoms with van der Waals surface area (Å²) in [6.07, 6.45) is 4.46. The lowest BCUT2D eigenvalue weighted by Gasteiger charge is -2.09. The van der Waals surface area contributed by atoms with E-state index in [1.807, 2.05) is 36.4 Å². The van der Waals surface area contributed by atoms with E-state index in [0.717, 1.165) is 11.3 Å². The summed E-state index contributed by atoms with van der Waals surface area (Å²) in [5.41, 5.74) is 4.43. The molecule has 0 aliphatic heterocycles. The quantitative estimate of drug-likeness (QED) is 0.888. The molecule has 18 heavy (non-hydrogen) atoms. The molecular formula is C16H17NO. The third-order valence-corrected chi connectivity index (χ3v) is 2.88. The van der Waals surface area contributed by atoms with E-state index in [0.29, 0.717) is 6.42 Å². The molecular weight excluding hydrogens is 222 g/mol. The number of nitrogens with zero attached hydrogens (tertiary/aromatic N) is 1. The van der Waals surface area contributed by atoms with Gasteiger partial charge in [0.05, 0.1) is 5.69 Å². The van der Waals surface area contributed by atoms with Crippen molar-refractivity contribution in [1.29, 1.82) is 0 Å². The summed E-state index contributed by atoms with van der Waals surface area (Å²) in [5.74, 6) is 0. The van der Waals surface area contributed by atoms with Crippen LogP contribution in [0.15, 0.2) is 48.7 Å². The number of hydrogen-bond acceptors (Lipinski definition) is 2. The molecule has 0 bridgehead atoms. The molecule has 0 unspecified atom stereocenters. The van der Waals surface area contributed by atoms with Crippen LogP contribution in [0.4, 0.5) is 0 Å². The summed E-state index contributed by atoms with van der Waals surface area (Å²) in [6, 6.07) is 14.0. The van der Waals surface area contributed by atoms with Crippen molar-refractivity contribution >= 4 is 11.6 Å². The zero-order valence-electron chi connectivity index (χ0n) is 10.5. The van der Waals surface area contributed by atoms with E-state index in [9.17, 15) is 5.11 Å². The second-order valence-electron chi connectivity index (χ2n) is 4.21. The standard InChI is InChI=1S/C16H17NO/c1-13-6-2-3-8-16(13)14(9-11-18)12-15-7-4-5-10-17-15/h2-8,10,12,18H,9,11H2,1H3/b14-12+. The first-order valence-electron chi connectivity index (χ1n) is 6.09. The Balaban J connectivity index is 2.41. The van der Waals surface area contributed by atoms with Gasteiger partial charge in [-0.05, 0) is 48.3 Å². The Morgan fingerprint density at radius 2 is 1.94 bits per heavy atom. The molecule has 1 heterocycles. The molecule has 92 valence electrons. The number of aliphatic hydroxyl groups is 1. The minimum Gasteiger partial charge on any atom is -0.396 e. The average molecular weight is 239 g/mol. The fourth-order valence-corrected chi connectivity index (χ4v) is 1.98. The van der Waals surface area contributed by atoms with Gasteiger partial charge in [0, 0.05) is 12.8 Å². The Morgan fingerprint density at radius 3 is 2.61 bits per heavy atom. The summed E-state index contributed by atoms with van der Waals surface area (Å²) in [6.45, 7) is 2.23. The average Bonchev–Trinajstić information content (AvgIpc) is 2.40. The normalized spacial score (nSPS) is 11.6. The van der Waals surface area contributed by atoms with Gasteiger partial charge in [0.15, 0.2) is 0 Å². The zero-order valence-corrected chi connectivity index (χ0v) is 10.5. The van der Waals surface area contributed by atoms with Crippen LogP contribution in [0.25, 0.3) is 11.6 Å². The van der Waals surface area contributed by atoms with Crippen molar-refractivity contribution in [3.63, 3.8) is 0 Å². The van der Waals surface area contributed by atoms with E-state index in [4.69, 9.17) is 0 Å². The molecule has 2 aromatic rings. The Morgan fingerprint density at radius 1 is 1.17 bits per heavy atom. The molecule has 2 rings (SSSR count). The summed E-state index contributed by atoms with van der Waals surface area (Å²) in [5, 5.41) is 9.21. The summed E-state index contributed by atoms with van der Waals surface area (Å²) in [7, 11) is 0. The largest absolute Gasteiger partial charge is 0.396 e. The van der Waals surface area contributed by atoms with Gasteiger partial charge in [-0.3, -0.25) is 4.98 Å². The minimum atomic E-state index is 0.146. The first kappa shape index (κ1) is 12.5. The molecule has 1 aromatic carbocycles. The number of aliphatic hydroxyl groups excluding tert-OH is 1. The van der Waals surface area contributed by atoms with Gasteiger partial charge in [0.1, 0.15) is 0 Å². The van der Waals surface area contributed by atoms with Gasteiger partial charge in [0.25, 0.3) is 0 Å². The van der Waals surface area contributed by atoms with Crippen LogP contribution < -0.4 is 0 Å². The summed E-state index contributed by atoms with van der Waals surface area (Å²) < 4.78 is 0. The van der Waals surface area contributed by atoms with Crippen molar-refractivity contribution in [2.24, 2.45) is 0 Å². The van der Waals surface area contributed by atoms with E-state index >= 15 is 0 Å². The van der Waals surface area contributed by atoms with Crippen molar-refractivity contribution in [2.45, 2.75) is 13.3 Å². The first-order valence-corrected chi connectivity index (χ1v) is 6.09. The smallest absolute Gasteiger partial charge is 0.0632 e. The molecule has 0 amide bonds. The monoisotopic (exact) mass is 239 g/mol. The third kappa shape index (κ3) is 3.05. The van der Waals surface area contributed by atoms with Crippen LogP contribution in [0.1, 0.15) is 23.2 Å². The van der Waals surface area contributed by atoms with Gasteiger partial charge in [-0.2, -0.15) is 0 Å². The molecule has 0 saturated carbocycles. The Labute approximate surface area is 108 Å².